The summed E-state index contributed by atoms with van der Waals surface area (Å²) in [5.41, 5.74) is 7.30. The smallest absolute Gasteiger partial charge is 0.187 e. The molecular weight excluding hydrogens is 280 g/mol. The van der Waals surface area contributed by atoms with Crippen molar-refractivity contribution in [1.29, 1.82) is 0 Å². The number of aryl methyl sites for hydroxylation is 1. The van der Waals surface area contributed by atoms with Crippen molar-refractivity contribution in [2.24, 2.45) is 0 Å². The highest BCUT2D eigenvalue weighted by molar-refractivity contribution is 5.49. The summed E-state index contributed by atoms with van der Waals surface area (Å²) in [6.07, 6.45) is 3.26. The normalized spacial score (nSPS) is 10.2. The quantitative estimate of drug-likeness (QED) is 0.842. The maximum atomic E-state index is 8.77. The number of aliphatic hydroxyl groups is 1. The molecule has 2 aromatic rings. The molecule has 6 heteroatoms. The molecule has 0 saturated heterocycles. The standard InChI is InChI=1S/C16H18N4O2/c1-10(2)13-8-19-12(5-4-6-21)7-14(13)22-15-9-18-11(3)20-16(15)17/h7-10,21H,6H2,1-3H3,(H2,17,18,20). The molecule has 0 aromatic carbocycles. The van der Waals surface area contributed by atoms with Gasteiger partial charge in [0.15, 0.2) is 11.6 Å². The van der Waals surface area contributed by atoms with Gasteiger partial charge in [-0.25, -0.2) is 15.0 Å². The molecule has 6 nitrogen and oxygen atoms in total. The van der Waals surface area contributed by atoms with E-state index in [-0.39, 0.29) is 18.3 Å². The van der Waals surface area contributed by atoms with Crippen LogP contribution in [0.1, 0.15) is 36.8 Å². The third kappa shape index (κ3) is 3.71. The summed E-state index contributed by atoms with van der Waals surface area (Å²) in [5, 5.41) is 8.77. The van der Waals surface area contributed by atoms with Crippen LogP contribution in [0.4, 0.5) is 5.82 Å². The Morgan fingerprint density at radius 1 is 1.27 bits per heavy atom. The van der Waals surface area contributed by atoms with Crippen LogP contribution in [-0.2, 0) is 0 Å². The summed E-state index contributed by atoms with van der Waals surface area (Å²) in [7, 11) is 0. The second-order valence-electron chi connectivity index (χ2n) is 4.99. The van der Waals surface area contributed by atoms with Crippen molar-refractivity contribution in [3.8, 4) is 23.3 Å². The van der Waals surface area contributed by atoms with Gasteiger partial charge in [0.1, 0.15) is 23.9 Å². The van der Waals surface area contributed by atoms with Gasteiger partial charge >= 0.3 is 0 Å². The van der Waals surface area contributed by atoms with Crippen LogP contribution in [0.3, 0.4) is 0 Å². The zero-order valence-electron chi connectivity index (χ0n) is 12.8. The van der Waals surface area contributed by atoms with Crippen molar-refractivity contribution in [2.45, 2.75) is 26.7 Å². The summed E-state index contributed by atoms with van der Waals surface area (Å²) in [5.74, 6) is 7.39. The van der Waals surface area contributed by atoms with E-state index in [9.17, 15) is 0 Å². The molecule has 0 amide bonds. The number of rotatable bonds is 3. The lowest BCUT2D eigenvalue weighted by molar-refractivity contribution is 0.350. The molecule has 0 fully saturated rings. The van der Waals surface area contributed by atoms with Gasteiger partial charge in [0.2, 0.25) is 0 Å². The molecule has 0 atom stereocenters. The topological polar surface area (TPSA) is 94.2 Å². The molecule has 0 aliphatic rings. The SMILES string of the molecule is Cc1ncc(Oc2cc(C#CCO)ncc2C(C)C)c(N)n1. The van der Waals surface area contributed by atoms with Crippen LogP contribution < -0.4 is 10.5 Å². The predicted molar refractivity (Wildman–Crippen MR) is 83.5 cm³/mol. The Morgan fingerprint density at radius 3 is 2.68 bits per heavy atom. The number of aliphatic hydroxyl groups excluding tert-OH is 1. The first kappa shape index (κ1) is 15.7. The summed E-state index contributed by atoms with van der Waals surface area (Å²) in [6, 6.07) is 1.72. The molecule has 0 saturated carbocycles. The lowest BCUT2D eigenvalue weighted by atomic mass is 10.0. The first-order valence-electron chi connectivity index (χ1n) is 6.88. The fourth-order valence-electron chi connectivity index (χ4n) is 1.84. The van der Waals surface area contributed by atoms with Crippen LogP contribution in [0, 0.1) is 18.8 Å². The van der Waals surface area contributed by atoms with E-state index in [0.717, 1.165) is 5.56 Å². The molecule has 2 heterocycles. The number of nitrogens with two attached hydrogens (primary N) is 1. The van der Waals surface area contributed by atoms with Crippen molar-refractivity contribution in [3.05, 3.63) is 35.5 Å². The van der Waals surface area contributed by atoms with Crippen molar-refractivity contribution >= 4 is 5.82 Å². The van der Waals surface area contributed by atoms with Gasteiger partial charge < -0.3 is 15.6 Å². The molecule has 0 spiro atoms. The fraction of sp³-hybridized carbons (Fsp3) is 0.312. The number of pyridine rings is 1. The average Bonchev–Trinajstić information content (AvgIpc) is 2.48. The van der Waals surface area contributed by atoms with Gasteiger partial charge in [0, 0.05) is 17.8 Å². The van der Waals surface area contributed by atoms with Crippen molar-refractivity contribution in [3.63, 3.8) is 0 Å². The van der Waals surface area contributed by atoms with E-state index in [0.29, 0.717) is 23.0 Å². The molecule has 0 aliphatic heterocycles. The lowest BCUT2D eigenvalue weighted by Gasteiger charge is -2.14. The highest BCUT2D eigenvalue weighted by atomic mass is 16.5. The van der Waals surface area contributed by atoms with Gasteiger partial charge in [-0.3, -0.25) is 0 Å². The van der Waals surface area contributed by atoms with Crippen LogP contribution in [0.15, 0.2) is 18.5 Å². The van der Waals surface area contributed by atoms with Crippen molar-refractivity contribution in [2.75, 3.05) is 12.3 Å². The molecular formula is C16H18N4O2. The Balaban J connectivity index is 2.42. The number of anilines is 1. The van der Waals surface area contributed by atoms with Gasteiger partial charge in [-0.2, -0.15) is 0 Å². The predicted octanol–water partition coefficient (Wildman–Crippen LogP) is 2.02. The summed E-state index contributed by atoms with van der Waals surface area (Å²) < 4.78 is 5.86. The zero-order valence-corrected chi connectivity index (χ0v) is 12.8. The van der Waals surface area contributed by atoms with Crippen LogP contribution in [0.25, 0.3) is 0 Å². The number of ether oxygens (including phenoxy) is 1. The van der Waals surface area contributed by atoms with E-state index in [2.05, 4.69) is 26.8 Å². The summed E-state index contributed by atoms with van der Waals surface area (Å²) >= 11 is 0. The van der Waals surface area contributed by atoms with Crippen LogP contribution in [0.5, 0.6) is 11.5 Å². The minimum absolute atomic E-state index is 0.218. The number of hydrogen-bond acceptors (Lipinski definition) is 6. The molecule has 0 unspecified atom stereocenters. The number of hydrogen-bond donors (Lipinski definition) is 2. The second kappa shape index (κ2) is 6.87. The van der Waals surface area contributed by atoms with Crippen LogP contribution in [-0.4, -0.2) is 26.7 Å². The van der Waals surface area contributed by atoms with E-state index >= 15 is 0 Å². The molecule has 0 bridgehead atoms. The maximum Gasteiger partial charge on any atom is 0.187 e. The van der Waals surface area contributed by atoms with Crippen LogP contribution >= 0.6 is 0 Å². The first-order chi connectivity index (χ1) is 10.5. The van der Waals surface area contributed by atoms with Crippen molar-refractivity contribution < 1.29 is 9.84 Å². The largest absolute Gasteiger partial charge is 0.451 e. The van der Waals surface area contributed by atoms with E-state index in [1.807, 2.05) is 13.8 Å². The van der Waals surface area contributed by atoms with Gasteiger partial charge in [0.05, 0.1) is 6.20 Å². The highest BCUT2D eigenvalue weighted by Gasteiger charge is 2.13. The molecule has 0 radical (unpaired) electrons. The highest BCUT2D eigenvalue weighted by Crippen LogP contribution is 2.32. The number of nitrogens with zero attached hydrogens (tertiary/aromatic N) is 3. The summed E-state index contributed by atoms with van der Waals surface area (Å²) in [4.78, 5) is 12.4. The Hall–Kier alpha value is -2.65. The molecule has 22 heavy (non-hydrogen) atoms. The molecule has 3 N–H and O–H groups in total. The zero-order chi connectivity index (χ0) is 16.1. The minimum atomic E-state index is -0.220. The molecule has 114 valence electrons. The second-order valence-corrected chi connectivity index (χ2v) is 4.99. The fourth-order valence-corrected chi connectivity index (χ4v) is 1.84. The lowest BCUT2D eigenvalue weighted by Crippen LogP contribution is -2.02. The van der Waals surface area contributed by atoms with Gasteiger partial charge in [-0.05, 0) is 18.8 Å². The molecule has 2 rings (SSSR count). The summed E-state index contributed by atoms with van der Waals surface area (Å²) in [6.45, 7) is 5.62. The Morgan fingerprint density at radius 2 is 2.05 bits per heavy atom. The Labute approximate surface area is 129 Å². The maximum absolute atomic E-state index is 8.77. The van der Waals surface area contributed by atoms with Crippen molar-refractivity contribution in [1.82, 2.24) is 15.0 Å². The van der Waals surface area contributed by atoms with E-state index in [4.69, 9.17) is 15.6 Å². The van der Waals surface area contributed by atoms with Gasteiger partial charge in [-0.15, -0.1) is 0 Å². The minimum Gasteiger partial charge on any atom is -0.451 e. The Kier molecular flexibility index (Phi) is 4.92. The Bertz CT molecular complexity index is 733. The number of nitrogen functional groups attached to an aromatic ring is 1. The average molecular weight is 298 g/mol. The van der Waals surface area contributed by atoms with E-state index in [1.165, 1.54) is 0 Å². The van der Waals surface area contributed by atoms with Gasteiger partial charge in [-0.1, -0.05) is 19.8 Å². The van der Waals surface area contributed by atoms with Gasteiger partial charge in [0.25, 0.3) is 0 Å². The monoisotopic (exact) mass is 298 g/mol. The molecule has 0 aliphatic carbocycles. The third-order valence-corrected chi connectivity index (χ3v) is 2.94. The van der Waals surface area contributed by atoms with E-state index in [1.54, 1.807) is 25.4 Å². The third-order valence-electron chi connectivity index (χ3n) is 2.94. The molecule has 2 aromatic heterocycles. The van der Waals surface area contributed by atoms with Crippen LogP contribution in [0.2, 0.25) is 0 Å². The first-order valence-corrected chi connectivity index (χ1v) is 6.88. The van der Waals surface area contributed by atoms with E-state index < -0.39 is 0 Å². The number of aromatic nitrogens is 3.